The number of fused-ring (bicyclic) bond motifs is 3. The monoisotopic (exact) mass is 399 g/mol. The first-order chi connectivity index (χ1) is 14.7. The molecule has 0 amide bonds. The van der Waals surface area contributed by atoms with Crippen LogP contribution in [0, 0.1) is 5.82 Å². The van der Waals surface area contributed by atoms with Crippen molar-refractivity contribution in [1.29, 1.82) is 0 Å². The molecular weight excluding hydrogens is 381 g/mol. The number of nitrogens with zero attached hydrogens (tertiary/aromatic N) is 3. The summed E-state index contributed by atoms with van der Waals surface area (Å²) >= 11 is 0. The summed E-state index contributed by atoms with van der Waals surface area (Å²) in [5.74, 6) is 1.18. The molecule has 2 heterocycles. The zero-order chi connectivity index (χ0) is 20.7. The zero-order valence-electron chi connectivity index (χ0n) is 16.5. The molecule has 5 rings (SSSR count). The van der Waals surface area contributed by atoms with Crippen molar-refractivity contribution < 1.29 is 13.9 Å². The van der Waals surface area contributed by atoms with E-state index in [1.165, 1.54) is 12.1 Å². The molecule has 0 saturated carbocycles. The standard InChI is InChI=1S/C24H18FN3O2/c1-29-18-5-3-4-15(12-18)23-21-14-26-22-11-10-19(30-2)13-20(22)24(21)28(27-23)17-8-6-16(25)7-9-17/h3-14H,1-2H3. The van der Waals surface area contributed by atoms with Crippen molar-refractivity contribution in [3.8, 4) is 28.4 Å². The second kappa shape index (κ2) is 7.15. The molecule has 0 aliphatic heterocycles. The fourth-order valence-corrected chi connectivity index (χ4v) is 3.64. The van der Waals surface area contributed by atoms with E-state index in [0.29, 0.717) is 0 Å². The van der Waals surface area contributed by atoms with E-state index in [4.69, 9.17) is 14.6 Å². The molecule has 0 fully saturated rings. The van der Waals surface area contributed by atoms with E-state index in [9.17, 15) is 4.39 Å². The molecule has 5 nitrogen and oxygen atoms in total. The maximum atomic E-state index is 13.6. The number of halogens is 1. The fourth-order valence-electron chi connectivity index (χ4n) is 3.64. The van der Waals surface area contributed by atoms with E-state index in [1.54, 1.807) is 26.4 Å². The molecular formula is C24H18FN3O2. The van der Waals surface area contributed by atoms with E-state index in [0.717, 1.165) is 50.2 Å². The quantitative estimate of drug-likeness (QED) is 0.406. The van der Waals surface area contributed by atoms with Crippen molar-refractivity contribution >= 4 is 21.8 Å². The predicted octanol–water partition coefficient (Wildman–Crippen LogP) is 5.40. The predicted molar refractivity (Wildman–Crippen MR) is 115 cm³/mol. The Morgan fingerprint density at radius 3 is 2.37 bits per heavy atom. The Morgan fingerprint density at radius 2 is 1.60 bits per heavy atom. The molecule has 2 aromatic heterocycles. The number of aromatic nitrogens is 3. The van der Waals surface area contributed by atoms with Gasteiger partial charge in [-0.05, 0) is 54.6 Å². The largest absolute Gasteiger partial charge is 0.497 e. The topological polar surface area (TPSA) is 49.2 Å². The molecule has 5 aromatic rings. The molecule has 0 aliphatic carbocycles. The Morgan fingerprint density at radius 1 is 0.833 bits per heavy atom. The van der Waals surface area contributed by atoms with Gasteiger partial charge in [-0.2, -0.15) is 5.10 Å². The van der Waals surface area contributed by atoms with Crippen molar-refractivity contribution in [1.82, 2.24) is 14.8 Å². The van der Waals surface area contributed by atoms with Crippen LogP contribution < -0.4 is 9.47 Å². The van der Waals surface area contributed by atoms with Gasteiger partial charge in [0.05, 0.1) is 30.9 Å². The highest BCUT2D eigenvalue weighted by atomic mass is 19.1. The number of ether oxygens (including phenoxy) is 2. The highest BCUT2D eigenvalue weighted by Crippen LogP contribution is 2.35. The van der Waals surface area contributed by atoms with Crippen LogP contribution in [0.2, 0.25) is 0 Å². The number of benzene rings is 3. The van der Waals surface area contributed by atoms with Gasteiger partial charge in [0.25, 0.3) is 0 Å². The lowest BCUT2D eigenvalue weighted by atomic mass is 10.1. The summed E-state index contributed by atoms with van der Waals surface area (Å²) in [6.45, 7) is 0. The number of methoxy groups -OCH3 is 2. The molecule has 3 aromatic carbocycles. The minimum absolute atomic E-state index is 0.295. The second-order valence-corrected chi connectivity index (χ2v) is 6.87. The first kappa shape index (κ1) is 18.1. The molecule has 0 aliphatic rings. The summed E-state index contributed by atoms with van der Waals surface area (Å²) in [5.41, 5.74) is 4.13. The summed E-state index contributed by atoms with van der Waals surface area (Å²) in [4.78, 5) is 4.63. The molecule has 148 valence electrons. The average molecular weight is 399 g/mol. The third kappa shape index (κ3) is 2.93. The third-order valence-corrected chi connectivity index (χ3v) is 5.13. The van der Waals surface area contributed by atoms with Gasteiger partial charge < -0.3 is 9.47 Å². The first-order valence-corrected chi connectivity index (χ1v) is 9.44. The SMILES string of the molecule is COc1cccc(-c2nn(-c3ccc(F)cc3)c3c2cnc2ccc(OC)cc23)c1. The van der Waals surface area contributed by atoms with Gasteiger partial charge in [-0.1, -0.05) is 12.1 Å². The molecule has 0 spiro atoms. The Bertz CT molecular complexity index is 1380. The van der Waals surface area contributed by atoms with Crippen LogP contribution in [0.15, 0.2) is 72.9 Å². The van der Waals surface area contributed by atoms with E-state index in [-0.39, 0.29) is 5.82 Å². The van der Waals surface area contributed by atoms with Crippen LogP contribution in [0.5, 0.6) is 11.5 Å². The highest BCUT2D eigenvalue weighted by Gasteiger charge is 2.18. The number of hydrogen-bond donors (Lipinski definition) is 0. The third-order valence-electron chi connectivity index (χ3n) is 5.13. The molecule has 0 atom stereocenters. The first-order valence-electron chi connectivity index (χ1n) is 9.44. The second-order valence-electron chi connectivity index (χ2n) is 6.87. The summed E-state index contributed by atoms with van der Waals surface area (Å²) in [6.07, 6.45) is 1.83. The lowest BCUT2D eigenvalue weighted by Crippen LogP contribution is -1.97. The van der Waals surface area contributed by atoms with Gasteiger partial charge in [0.1, 0.15) is 23.0 Å². The lowest BCUT2D eigenvalue weighted by Gasteiger charge is -2.07. The van der Waals surface area contributed by atoms with E-state index >= 15 is 0 Å². The van der Waals surface area contributed by atoms with Crippen LogP contribution in [0.25, 0.3) is 38.8 Å². The smallest absolute Gasteiger partial charge is 0.123 e. The van der Waals surface area contributed by atoms with E-state index in [1.807, 2.05) is 53.3 Å². The highest BCUT2D eigenvalue weighted by molar-refractivity contribution is 6.09. The van der Waals surface area contributed by atoms with Crippen LogP contribution in [0.4, 0.5) is 4.39 Å². The summed E-state index contributed by atoms with van der Waals surface area (Å²) in [7, 11) is 3.27. The Labute approximate surface area is 172 Å². The van der Waals surface area contributed by atoms with E-state index < -0.39 is 0 Å². The summed E-state index contributed by atoms with van der Waals surface area (Å²) < 4.78 is 26.2. The van der Waals surface area contributed by atoms with Gasteiger partial charge in [-0.25, -0.2) is 9.07 Å². The molecule has 0 saturated heterocycles. The Balaban J connectivity index is 1.88. The lowest BCUT2D eigenvalue weighted by molar-refractivity contribution is 0.415. The van der Waals surface area contributed by atoms with Crippen LogP contribution in [-0.2, 0) is 0 Å². The van der Waals surface area contributed by atoms with Gasteiger partial charge in [0.2, 0.25) is 0 Å². The van der Waals surface area contributed by atoms with Gasteiger partial charge in [0.15, 0.2) is 0 Å². The number of hydrogen-bond acceptors (Lipinski definition) is 4. The minimum atomic E-state index is -0.295. The summed E-state index contributed by atoms with van der Waals surface area (Å²) in [6, 6.07) is 19.8. The van der Waals surface area contributed by atoms with Gasteiger partial charge in [-0.15, -0.1) is 0 Å². The molecule has 0 unspecified atom stereocenters. The van der Waals surface area contributed by atoms with Crippen molar-refractivity contribution in [2.75, 3.05) is 14.2 Å². The number of pyridine rings is 1. The van der Waals surface area contributed by atoms with Crippen molar-refractivity contribution in [2.45, 2.75) is 0 Å². The van der Waals surface area contributed by atoms with Gasteiger partial charge in [-0.3, -0.25) is 4.98 Å². The normalized spacial score (nSPS) is 11.2. The Hall–Kier alpha value is -3.93. The summed E-state index contributed by atoms with van der Waals surface area (Å²) in [5, 5.41) is 6.68. The van der Waals surface area contributed by atoms with E-state index in [2.05, 4.69) is 4.98 Å². The number of rotatable bonds is 4. The van der Waals surface area contributed by atoms with Crippen LogP contribution in [0.3, 0.4) is 0 Å². The fraction of sp³-hybridized carbons (Fsp3) is 0.0833. The van der Waals surface area contributed by atoms with Crippen molar-refractivity contribution in [3.05, 3.63) is 78.7 Å². The van der Waals surface area contributed by atoms with Crippen molar-refractivity contribution in [3.63, 3.8) is 0 Å². The minimum Gasteiger partial charge on any atom is -0.497 e. The van der Waals surface area contributed by atoms with Gasteiger partial charge in [0, 0.05) is 22.5 Å². The average Bonchev–Trinajstić information content (AvgIpc) is 3.19. The molecule has 0 bridgehead atoms. The maximum Gasteiger partial charge on any atom is 0.123 e. The van der Waals surface area contributed by atoms with Crippen LogP contribution >= 0.6 is 0 Å². The molecule has 30 heavy (non-hydrogen) atoms. The Kier molecular flexibility index (Phi) is 4.32. The van der Waals surface area contributed by atoms with Crippen LogP contribution in [0.1, 0.15) is 0 Å². The van der Waals surface area contributed by atoms with Crippen molar-refractivity contribution in [2.24, 2.45) is 0 Å². The maximum absolute atomic E-state index is 13.6. The zero-order valence-corrected chi connectivity index (χ0v) is 16.5. The van der Waals surface area contributed by atoms with Crippen LogP contribution in [-0.4, -0.2) is 29.0 Å². The molecule has 0 N–H and O–H groups in total. The van der Waals surface area contributed by atoms with Gasteiger partial charge >= 0.3 is 0 Å². The molecule has 0 radical (unpaired) electrons. The molecule has 6 heteroatoms.